The zero-order valence-electron chi connectivity index (χ0n) is 13.8. The molecule has 2 aliphatic heterocycles. The molecule has 2 aromatic rings. The van der Waals surface area contributed by atoms with Gasteiger partial charge in [-0.3, -0.25) is 9.89 Å². The van der Waals surface area contributed by atoms with Crippen molar-refractivity contribution < 1.29 is 9.53 Å². The quantitative estimate of drug-likeness (QED) is 0.923. The van der Waals surface area contributed by atoms with Crippen molar-refractivity contribution in [2.75, 3.05) is 13.2 Å². The number of para-hydroxylation sites is 1. The molecule has 124 valence electrons. The van der Waals surface area contributed by atoms with Gasteiger partial charge >= 0.3 is 0 Å². The fourth-order valence-electron chi connectivity index (χ4n) is 3.59. The number of piperidine rings is 1. The predicted molar refractivity (Wildman–Crippen MR) is 91.5 cm³/mol. The fourth-order valence-corrected chi connectivity index (χ4v) is 3.59. The maximum atomic E-state index is 13.1. The lowest BCUT2D eigenvalue weighted by Gasteiger charge is -2.36. The Balaban J connectivity index is 1.63. The maximum Gasteiger partial charge on any atom is 0.253 e. The van der Waals surface area contributed by atoms with Gasteiger partial charge in [0.25, 0.3) is 5.91 Å². The SMILES string of the molecule is Cc1cn[nH]c1[C@@H]1CCCCN1C(=O)C1=Cc2ccccc2OC1. The summed E-state index contributed by atoms with van der Waals surface area (Å²) < 4.78 is 5.76. The minimum atomic E-state index is 0.0724. The summed E-state index contributed by atoms with van der Waals surface area (Å²) in [5, 5.41) is 7.21. The number of benzene rings is 1. The molecular formula is C19H21N3O2. The molecule has 1 N–H and O–H groups in total. The molecule has 1 aromatic heterocycles. The van der Waals surface area contributed by atoms with E-state index in [1.165, 1.54) is 0 Å². The van der Waals surface area contributed by atoms with Crippen LogP contribution >= 0.6 is 0 Å². The number of aromatic amines is 1. The number of carbonyl (C=O) groups is 1. The van der Waals surface area contributed by atoms with Crippen molar-refractivity contribution in [1.82, 2.24) is 15.1 Å². The molecule has 0 unspecified atom stereocenters. The van der Waals surface area contributed by atoms with Crippen LogP contribution in [0, 0.1) is 6.92 Å². The molecule has 0 aliphatic carbocycles. The second-order valence-electron chi connectivity index (χ2n) is 6.47. The van der Waals surface area contributed by atoms with Gasteiger partial charge in [0.1, 0.15) is 12.4 Å². The van der Waals surface area contributed by atoms with E-state index in [1.807, 2.05) is 48.4 Å². The number of hydrogen-bond acceptors (Lipinski definition) is 3. The van der Waals surface area contributed by atoms with Crippen LogP contribution in [0.15, 0.2) is 36.0 Å². The van der Waals surface area contributed by atoms with Gasteiger partial charge in [0.15, 0.2) is 0 Å². The number of rotatable bonds is 2. The number of H-pyrrole nitrogens is 1. The van der Waals surface area contributed by atoms with Crippen molar-refractivity contribution in [3.63, 3.8) is 0 Å². The van der Waals surface area contributed by atoms with Gasteiger partial charge in [-0.2, -0.15) is 5.10 Å². The van der Waals surface area contributed by atoms with E-state index >= 15 is 0 Å². The third kappa shape index (κ3) is 2.60. The zero-order valence-corrected chi connectivity index (χ0v) is 13.8. The van der Waals surface area contributed by atoms with E-state index in [4.69, 9.17) is 4.74 Å². The first-order chi connectivity index (χ1) is 11.7. The number of hydrogen-bond donors (Lipinski definition) is 1. The molecule has 1 fully saturated rings. The summed E-state index contributed by atoms with van der Waals surface area (Å²) in [6.45, 7) is 3.15. The number of ether oxygens (including phenoxy) is 1. The molecule has 2 aliphatic rings. The number of fused-ring (bicyclic) bond motifs is 1. The number of aromatic nitrogens is 2. The average molecular weight is 323 g/mol. The van der Waals surface area contributed by atoms with Gasteiger partial charge in [0.05, 0.1) is 23.5 Å². The van der Waals surface area contributed by atoms with Crippen LogP contribution in [0.4, 0.5) is 0 Å². The molecule has 1 aromatic carbocycles. The summed E-state index contributed by atoms with van der Waals surface area (Å²) in [6, 6.07) is 7.90. The van der Waals surface area contributed by atoms with Crippen LogP contribution in [0.3, 0.4) is 0 Å². The van der Waals surface area contributed by atoms with Crippen molar-refractivity contribution in [2.24, 2.45) is 0 Å². The number of carbonyl (C=O) groups excluding carboxylic acids is 1. The molecule has 1 amide bonds. The Morgan fingerprint density at radius 3 is 3.04 bits per heavy atom. The van der Waals surface area contributed by atoms with Crippen molar-refractivity contribution >= 4 is 12.0 Å². The molecule has 4 rings (SSSR count). The fraction of sp³-hybridized carbons (Fsp3) is 0.368. The average Bonchev–Trinajstić information content (AvgIpc) is 3.06. The predicted octanol–water partition coefficient (Wildman–Crippen LogP) is 3.25. The Morgan fingerprint density at radius 1 is 1.33 bits per heavy atom. The van der Waals surface area contributed by atoms with E-state index in [2.05, 4.69) is 10.2 Å². The van der Waals surface area contributed by atoms with E-state index in [9.17, 15) is 4.79 Å². The number of likely N-dealkylation sites (tertiary alicyclic amines) is 1. The van der Waals surface area contributed by atoms with E-state index in [1.54, 1.807) is 0 Å². The van der Waals surface area contributed by atoms with E-state index < -0.39 is 0 Å². The molecule has 24 heavy (non-hydrogen) atoms. The van der Waals surface area contributed by atoms with E-state index in [-0.39, 0.29) is 11.9 Å². The molecule has 3 heterocycles. The number of amides is 1. The lowest BCUT2D eigenvalue weighted by Crippen LogP contribution is -2.40. The smallest absolute Gasteiger partial charge is 0.253 e. The van der Waals surface area contributed by atoms with Crippen molar-refractivity contribution in [3.05, 3.63) is 52.9 Å². The van der Waals surface area contributed by atoms with Crippen LogP contribution < -0.4 is 4.74 Å². The number of nitrogens with zero attached hydrogens (tertiary/aromatic N) is 2. The molecular weight excluding hydrogens is 302 g/mol. The van der Waals surface area contributed by atoms with Gasteiger partial charge in [-0.05, 0) is 43.9 Å². The second kappa shape index (κ2) is 6.15. The van der Waals surface area contributed by atoms with Crippen LogP contribution in [0.5, 0.6) is 5.75 Å². The Labute approximate surface area is 141 Å². The highest BCUT2D eigenvalue weighted by atomic mass is 16.5. The second-order valence-corrected chi connectivity index (χ2v) is 6.47. The third-order valence-electron chi connectivity index (χ3n) is 4.87. The van der Waals surface area contributed by atoms with Crippen molar-refractivity contribution in [3.8, 4) is 5.75 Å². The number of nitrogens with one attached hydrogen (secondary N) is 1. The Hall–Kier alpha value is -2.56. The molecule has 5 nitrogen and oxygen atoms in total. The first-order valence-corrected chi connectivity index (χ1v) is 8.47. The highest BCUT2D eigenvalue weighted by Crippen LogP contribution is 2.34. The summed E-state index contributed by atoms with van der Waals surface area (Å²) in [4.78, 5) is 15.1. The van der Waals surface area contributed by atoms with Gasteiger partial charge in [-0.1, -0.05) is 18.2 Å². The van der Waals surface area contributed by atoms with Gasteiger partial charge in [0, 0.05) is 12.1 Å². The van der Waals surface area contributed by atoms with E-state index in [0.717, 1.165) is 54.0 Å². The van der Waals surface area contributed by atoms with Crippen LogP contribution in [0.25, 0.3) is 6.08 Å². The molecule has 5 heteroatoms. The molecule has 0 radical (unpaired) electrons. The standard InChI is InChI=1S/C19H21N3O2/c1-13-11-20-21-18(13)16-7-4-5-9-22(16)19(23)15-10-14-6-2-3-8-17(14)24-12-15/h2-3,6,8,10-11,16H,4-5,7,9,12H2,1H3,(H,20,21)/t16-/m0/s1. The van der Waals surface area contributed by atoms with Crippen molar-refractivity contribution in [2.45, 2.75) is 32.2 Å². The van der Waals surface area contributed by atoms with Gasteiger partial charge in [0.2, 0.25) is 0 Å². The third-order valence-corrected chi connectivity index (χ3v) is 4.87. The maximum absolute atomic E-state index is 13.1. The summed E-state index contributed by atoms with van der Waals surface area (Å²) in [6.07, 6.45) is 6.93. The molecule has 1 atom stereocenters. The highest BCUT2D eigenvalue weighted by molar-refractivity contribution is 5.99. The summed E-state index contributed by atoms with van der Waals surface area (Å²) in [5.41, 5.74) is 3.86. The zero-order chi connectivity index (χ0) is 16.5. The highest BCUT2D eigenvalue weighted by Gasteiger charge is 2.32. The molecule has 0 saturated carbocycles. The molecule has 0 spiro atoms. The number of aryl methyl sites for hydroxylation is 1. The first kappa shape index (κ1) is 15.0. The van der Waals surface area contributed by atoms with Gasteiger partial charge in [-0.25, -0.2) is 0 Å². The van der Waals surface area contributed by atoms with Crippen LogP contribution in [-0.2, 0) is 4.79 Å². The summed E-state index contributed by atoms with van der Waals surface area (Å²) in [7, 11) is 0. The minimum absolute atomic E-state index is 0.0724. The Kier molecular flexibility index (Phi) is 3.84. The largest absolute Gasteiger partial charge is 0.488 e. The first-order valence-electron chi connectivity index (χ1n) is 8.47. The van der Waals surface area contributed by atoms with Crippen LogP contribution in [0.2, 0.25) is 0 Å². The normalized spacial score (nSPS) is 20.1. The Morgan fingerprint density at radius 2 is 2.21 bits per heavy atom. The van der Waals surface area contributed by atoms with Crippen LogP contribution in [0.1, 0.15) is 42.1 Å². The topological polar surface area (TPSA) is 58.2 Å². The van der Waals surface area contributed by atoms with Crippen molar-refractivity contribution in [1.29, 1.82) is 0 Å². The molecule has 0 bridgehead atoms. The molecule has 1 saturated heterocycles. The summed E-state index contributed by atoms with van der Waals surface area (Å²) in [5.74, 6) is 0.914. The summed E-state index contributed by atoms with van der Waals surface area (Å²) >= 11 is 0. The Bertz CT molecular complexity index is 793. The minimum Gasteiger partial charge on any atom is -0.488 e. The van der Waals surface area contributed by atoms with Gasteiger partial charge in [-0.15, -0.1) is 0 Å². The lowest BCUT2D eigenvalue weighted by molar-refractivity contribution is -0.131. The monoisotopic (exact) mass is 323 g/mol. The van der Waals surface area contributed by atoms with E-state index in [0.29, 0.717) is 6.61 Å². The van der Waals surface area contributed by atoms with Crippen LogP contribution in [-0.4, -0.2) is 34.2 Å². The van der Waals surface area contributed by atoms with Gasteiger partial charge < -0.3 is 9.64 Å². The lowest BCUT2D eigenvalue weighted by atomic mass is 9.96.